The standard InChI is InChI=1S/C25H27N5O6S/c1-4-30-21(12-26-23(32)16-8-9-19-20(11-16)35-14-34-19)28-29-25(30)37-13-22(31)27-18-7-5-6-17(10-18)24(33)36-15(2)3/h5-11,15H,4,12-14H2,1-3H3,(H,26,32)(H,27,31). The van der Waals surface area contributed by atoms with Gasteiger partial charge in [-0.2, -0.15) is 0 Å². The van der Waals surface area contributed by atoms with Crippen molar-refractivity contribution in [3.05, 3.63) is 59.4 Å². The summed E-state index contributed by atoms with van der Waals surface area (Å²) in [5.74, 6) is 0.797. The number of fused-ring (bicyclic) bond motifs is 1. The molecule has 4 rings (SSSR count). The molecule has 37 heavy (non-hydrogen) atoms. The van der Waals surface area contributed by atoms with E-state index in [9.17, 15) is 14.4 Å². The van der Waals surface area contributed by atoms with Gasteiger partial charge in [-0.05, 0) is 57.2 Å². The summed E-state index contributed by atoms with van der Waals surface area (Å²) in [6, 6.07) is 11.6. The number of nitrogens with zero attached hydrogens (tertiary/aromatic N) is 3. The molecular weight excluding hydrogens is 498 g/mol. The van der Waals surface area contributed by atoms with Crippen molar-refractivity contribution in [1.29, 1.82) is 0 Å². The molecule has 0 radical (unpaired) electrons. The zero-order valence-corrected chi connectivity index (χ0v) is 21.5. The summed E-state index contributed by atoms with van der Waals surface area (Å²) in [7, 11) is 0. The molecule has 1 aliphatic heterocycles. The van der Waals surface area contributed by atoms with Crippen molar-refractivity contribution in [3.8, 4) is 11.5 Å². The Labute approximate surface area is 217 Å². The topological polar surface area (TPSA) is 134 Å². The number of rotatable bonds is 10. The number of esters is 1. The molecule has 1 aliphatic rings. The first kappa shape index (κ1) is 26.0. The maximum atomic E-state index is 12.6. The Hall–Kier alpha value is -4.06. The lowest BCUT2D eigenvalue weighted by Gasteiger charge is -2.10. The number of anilines is 1. The second-order valence-electron chi connectivity index (χ2n) is 8.27. The maximum absolute atomic E-state index is 12.6. The van der Waals surface area contributed by atoms with Crippen LogP contribution in [0.15, 0.2) is 47.6 Å². The average molecular weight is 526 g/mol. The third-order valence-electron chi connectivity index (χ3n) is 5.21. The second-order valence-corrected chi connectivity index (χ2v) is 9.21. The molecule has 194 valence electrons. The van der Waals surface area contributed by atoms with Crippen LogP contribution in [0.4, 0.5) is 5.69 Å². The van der Waals surface area contributed by atoms with Gasteiger partial charge >= 0.3 is 5.97 Å². The van der Waals surface area contributed by atoms with Crippen molar-refractivity contribution in [2.24, 2.45) is 0 Å². The quantitative estimate of drug-likeness (QED) is 0.302. The number of aromatic nitrogens is 3. The van der Waals surface area contributed by atoms with Gasteiger partial charge in [-0.3, -0.25) is 9.59 Å². The minimum atomic E-state index is -0.449. The van der Waals surface area contributed by atoms with Gasteiger partial charge in [0, 0.05) is 17.8 Å². The van der Waals surface area contributed by atoms with Crippen LogP contribution in [-0.2, 0) is 22.6 Å². The third kappa shape index (κ3) is 6.58. The molecule has 2 amide bonds. The van der Waals surface area contributed by atoms with Crippen molar-refractivity contribution in [2.75, 3.05) is 17.9 Å². The molecule has 11 nitrogen and oxygen atoms in total. The summed E-state index contributed by atoms with van der Waals surface area (Å²) in [6.07, 6.45) is -0.236. The van der Waals surface area contributed by atoms with E-state index in [0.717, 1.165) is 0 Å². The lowest BCUT2D eigenvalue weighted by Crippen LogP contribution is -2.24. The number of ether oxygens (including phenoxy) is 3. The van der Waals surface area contributed by atoms with Crippen molar-refractivity contribution < 1.29 is 28.6 Å². The Morgan fingerprint density at radius 3 is 2.68 bits per heavy atom. The Bertz CT molecular complexity index is 1310. The Balaban J connectivity index is 1.31. The molecule has 0 atom stereocenters. The van der Waals surface area contributed by atoms with E-state index in [1.165, 1.54) is 11.8 Å². The molecule has 0 aliphatic carbocycles. The summed E-state index contributed by atoms with van der Waals surface area (Å²) in [5, 5.41) is 14.5. The first-order valence-corrected chi connectivity index (χ1v) is 12.7. The Kier molecular flexibility index (Phi) is 8.29. The van der Waals surface area contributed by atoms with Crippen molar-refractivity contribution in [2.45, 2.75) is 45.1 Å². The van der Waals surface area contributed by atoms with E-state index < -0.39 is 5.97 Å². The van der Waals surface area contributed by atoms with E-state index >= 15 is 0 Å². The van der Waals surface area contributed by atoms with Gasteiger partial charge in [0.05, 0.1) is 24.0 Å². The van der Waals surface area contributed by atoms with E-state index in [0.29, 0.717) is 45.8 Å². The highest BCUT2D eigenvalue weighted by molar-refractivity contribution is 7.99. The highest BCUT2D eigenvalue weighted by Crippen LogP contribution is 2.32. The predicted octanol–water partition coefficient (Wildman–Crippen LogP) is 3.25. The normalized spacial score (nSPS) is 11.9. The number of nitrogens with one attached hydrogen (secondary N) is 2. The molecule has 3 aromatic rings. The van der Waals surface area contributed by atoms with Gasteiger partial charge in [-0.1, -0.05) is 17.8 Å². The summed E-state index contributed by atoms with van der Waals surface area (Å²) >= 11 is 1.23. The fourth-order valence-corrected chi connectivity index (χ4v) is 4.33. The first-order chi connectivity index (χ1) is 17.8. The zero-order chi connectivity index (χ0) is 26.4. The minimum Gasteiger partial charge on any atom is -0.459 e. The molecule has 0 spiro atoms. The summed E-state index contributed by atoms with van der Waals surface area (Å²) < 4.78 is 17.6. The number of carbonyl (C=O) groups excluding carboxylic acids is 3. The minimum absolute atomic E-state index is 0.0857. The maximum Gasteiger partial charge on any atom is 0.338 e. The number of amides is 2. The lowest BCUT2D eigenvalue weighted by atomic mass is 10.2. The van der Waals surface area contributed by atoms with Crippen LogP contribution >= 0.6 is 11.8 Å². The van der Waals surface area contributed by atoms with Gasteiger partial charge in [0.25, 0.3) is 5.91 Å². The summed E-state index contributed by atoms with van der Waals surface area (Å²) in [6.45, 7) is 6.34. The van der Waals surface area contributed by atoms with Crippen LogP contribution in [0, 0.1) is 0 Å². The van der Waals surface area contributed by atoms with E-state index in [1.807, 2.05) is 11.5 Å². The van der Waals surface area contributed by atoms with Gasteiger partial charge in [0.2, 0.25) is 12.7 Å². The average Bonchev–Trinajstić information content (AvgIpc) is 3.51. The number of hydrogen-bond donors (Lipinski definition) is 2. The van der Waals surface area contributed by atoms with Crippen LogP contribution in [0.5, 0.6) is 11.5 Å². The molecule has 2 heterocycles. The van der Waals surface area contributed by atoms with E-state index in [4.69, 9.17) is 14.2 Å². The molecule has 0 saturated heterocycles. The second kappa shape index (κ2) is 11.8. The number of thioether (sulfide) groups is 1. The Morgan fingerprint density at radius 2 is 1.89 bits per heavy atom. The van der Waals surface area contributed by atoms with Gasteiger partial charge in [-0.15, -0.1) is 10.2 Å². The summed E-state index contributed by atoms with van der Waals surface area (Å²) in [5.41, 5.74) is 1.30. The number of hydrogen-bond acceptors (Lipinski definition) is 9. The monoisotopic (exact) mass is 525 g/mol. The number of benzene rings is 2. The molecule has 2 aromatic carbocycles. The van der Waals surface area contributed by atoms with Crippen molar-refractivity contribution in [3.63, 3.8) is 0 Å². The van der Waals surface area contributed by atoms with E-state index in [1.54, 1.807) is 56.3 Å². The van der Waals surface area contributed by atoms with Crippen LogP contribution < -0.4 is 20.1 Å². The van der Waals surface area contributed by atoms with E-state index in [2.05, 4.69) is 20.8 Å². The van der Waals surface area contributed by atoms with Crippen LogP contribution in [0.2, 0.25) is 0 Å². The third-order valence-corrected chi connectivity index (χ3v) is 6.18. The molecule has 0 saturated carbocycles. The molecule has 12 heteroatoms. The zero-order valence-electron chi connectivity index (χ0n) is 20.6. The molecule has 0 unspecified atom stereocenters. The SMILES string of the molecule is CCn1c(CNC(=O)c2ccc3c(c2)OCO3)nnc1SCC(=O)Nc1cccc(C(=O)OC(C)C)c1. The molecule has 0 bridgehead atoms. The van der Waals surface area contributed by atoms with E-state index in [-0.39, 0.29) is 37.0 Å². The van der Waals surface area contributed by atoms with Gasteiger partial charge < -0.3 is 29.4 Å². The largest absolute Gasteiger partial charge is 0.459 e. The summed E-state index contributed by atoms with van der Waals surface area (Å²) in [4.78, 5) is 37.2. The van der Waals surface area contributed by atoms with Crippen molar-refractivity contribution in [1.82, 2.24) is 20.1 Å². The van der Waals surface area contributed by atoms with Gasteiger partial charge in [0.1, 0.15) is 0 Å². The highest BCUT2D eigenvalue weighted by Gasteiger charge is 2.18. The van der Waals surface area contributed by atoms with Crippen LogP contribution in [0.3, 0.4) is 0 Å². The fourth-order valence-electron chi connectivity index (χ4n) is 3.51. The van der Waals surface area contributed by atoms with Gasteiger partial charge in [-0.25, -0.2) is 4.79 Å². The fraction of sp³-hybridized carbons (Fsp3) is 0.320. The molecule has 1 aromatic heterocycles. The first-order valence-electron chi connectivity index (χ1n) is 11.7. The highest BCUT2D eigenvalue weighted by atomic mass is 32.2. The van der Waals surface area contributed by atoms with Crippen LogP contribution in [0.25, 0.3) is 0 Å². The molecule has 0 fully saturated rings. The molecular formula is C25H27N5O6S. The van der Waals surface area contributed by atoms with Crippen LogP contribution in [0.1, 0.15) is 47.3 Å². The molecule has 2 N–H and O–H groups in total. The predicted molar refractivity (Wildman–Crippen MR) is 136 cm³/mol. The Morgan fingerprint density at radius 1 is 1.08 bits per heavy atom. The van der Waals surface area contributed by atoms with Crippen LogP contribution in [-0.4, -0.2) is 51.2 Å². The lowest BCUT2D eigenvalue weighted by molar-refractivity contribution is -0.113. The number of carbonyl (C=O) groups is 3. The smallest absolute Gasteiger partial charge is 0.338 e. The van der Waals surface area contributed by atoms with Gasteiger partial charge in [0.15, 0.2) is 22.5 Å². The van der Waals surface area contributed by atoms with Crippen molar-refractivity contribution >= 4 is 35.2 Å².